The van der Waals surface area contributed by atoms with E-state index in [1.54, 1.807) is 6.92 Å². The molecule has 0 aliphatic heterocycles. The quantitative estimate of drug-likeness (QED) is 0.666. The predicted molar refractivity (Wildman–Crippen MR) is 85.9 cm³/mol. The van der Waals surface area contributed by atoms with Crippen molar-refractivity contribution in [3.63, 3.8) is 0 Å². The molecule has 3 aromatic rings. The molecule has 0 bridgehead atoms. The van der Waals surface area contributed by atoms with Crippen molar-refractivity contribution >= 4 is 49.8 Å². The first kappa shape index (κ1) is 14.5. The summed E-state index contributed by atoms with van der Waals surface area (Å²) in [6, 6.07) is 7.88. The SMILES string of the molecule is Cc1noc(CSc2nnc(Nc3cccc(Br)c3)s2)n1. The van der Waals surface area contributed by atoms with Crippen molar-refractivity contribution in [3.8, 4) is 0 Å². The molecule has 6 nitrogen and oxygen atoms in total. The van der Waals surface area contributed by atoms with E-state index >= 15 is 0 Å². The maximum Gasteiger partial charge on any atom is 0.237 e. The molecule has 0 fully saturated rings. The molecule has 0 spiro atoms. The van der Waals surface area contributed by atoms with Gasteiger partial charge in [0.1, 0.15) is 0 Å². The summed E-state index contributed by atoms with van der Waals surface area (Å²) in [6.07, 6.45) is 0. The van der Waals surface area contributed by atoms with Crippen LogP contribution >= 0.6 is 39.0 Å². The largest absolute Gasteiger partial charge is 0.338 e. The maximum atomic E-state index is 5.06. The van der Waals surface area contributed by atoms with Gasteiger partial charge in [-0.3, -0.25) is 0 Å². The van der Waals surface area contributed by atoms with Gasteiger partial charge in [0, 0.05) is 10.2 Å². The molecule has 0 unspecified atom stereocenters. The van der Waals surface area contributed by atoms with Crippen molar-refractivity contribution in [1.82, 2.24) is 20.3 Å². The average Bonchev–Trinajstić information content (AvgIpc) is 3.06. The standard InChI is InChI=1S/C12H10BrN5OS2/c1-7-14-10(19-18-7)6-20-12-17-16-11(21-12)15-9-4-2-3-8(13)5-9/h2-5H,6H2,1H3,(H,15,16). The number of thioether (sulfide) groups is 1. The minimum Gasteiger partial charge on any atom is -0.338 e. The van der Waals surface area contributed by atoms with Gasteiger partial charge < -0.3 is 9.84 Å². The molecule has 2 aromatic heterocycles. The van der Waals surface area contributed by atoms with Gasteiger partial charge in [-0.1, -0.05) is 50.3 Å². The lowest BCUT2D eigenvalue weighted by Crippen LogP contribution is -1.88. The van der Waals surface area contributed by atoms with E-state index < -0.39 is 0 Å². The first-order valence-corrected chi connectivity index (χ1v) is 8.56. The van der Waals surface area contributed by atoms with E-state index in [4.69, 9.17) is 4.52 Å². The highest BCUT2D eigenvalue weighted by atomic mass is 79.9. The zero-order chi connectivity index (χ0) is 14.7. The molecule has 0 radical (unpaired) electrons. The maximum absolute atomic E-state index is 5.06. The van der Waals surface area contributed by atoms with Crippen molar-refractivity contribution in [2.45, 2.75) is 17.0 Å². The third-order valence-corrected chi connectivity index (χ3v) is 4.82. The van der Waals surface area contributed by atoms with Gasteiger partial charge in [0.25, 0.3) is 0 Å². The van der Waals surface area contributed by atoms with E-state index in [-0.39, 0.29) is 0 Å². The number of nitrogens with one attached hydrogen (secondary N) is 1. The van der Waals surface area contributed by atoms with E-state index in [1.807, 2.05) is 24.3 Å². The van der Waals surface area contributed by atoms with E-state index in [9.17, 15) is 0 Å². The molecule has 1 aromatic carbocycles. The molecular weight excluding hydrogens is 374 g/mol. The molecule has 0 saturated heterocycles. The Labute approximate surface area is 137 Å². The number of anilines is 2. The van der Waals surface area contributed by atoms with E-state index in [0.717, 1.165) is 19.6 Å². The highest BCUT2D eigenvalue weighted by molar-refractivity contribution is 9.10. The van der Waals surface area contributed by atoms with Crippen LogP contribution in [0.5, 0.6) is 0 Å². The van der Waals surface area contributed by atoms with Gasteiger partial charge in [0.05, 0.1) is 5.75 Å². The highest BCUT2D eigenvalue weighted by Gasteiger charge is 2.08. The number of rotatable bonds is 5. The van der Waals surface area contributed by atoms with Gasteiger partial charge in [0.15, 0.2) is 10.2 Å². The molecular formula is C12H10BrN5OS2. The Kier molecular flexibility index (Phi) is 4.51. The van der Waals surface area contributed by atoms with Gasteiger partial charge in [-0.15, -0.1) is 10.2 Å². The smallest absolute Gasteiger partial charge is 0.237 e. The summed E-state index contributed by atoms with van der Waals surface area (Å²) in [4.78, 5) is 4.15. The Balaban J connectivity index is 1.61. The normalized spacial score (nSPS) is 10.8. The molecule has 3 rings (SSSR count). The Morgan fingerprint density at radius 1 is 1.38 bits per heavy atom. The Morgan fingerprint density at radius 2 is 2.29 bits per heavy atom. The predicted octanol–water partition coefficient (Wildman–Crippen LogP) is 4.03. The van der Waals surface area contributed by atoms with Crippen LogP contribution in [0, 0.1) is 6.92 Å². The number of nitrogens with zero attached hydrogens (tertiary/aromatic N) is 4. The first-order valence-electron chi connectivity index (χ1n) is 5.97. The van der Waals surface area contributed by atoms with Crippen LogP contribution in [0.15, 0.2) is 37.6 Å². The molecule has 1 N–H and O–H groups in total. The molecule has 9 heteroatoms. The van der Waals surface area contributed by atoms with Crippen molar-refractivity contribution < 1.29 is 4.52 Å². The van der Waals surface area contributed by atoms with Crippen molar-refractivity contribution in [2.24, 2.45) is 0 Å². The van der Waals surface area contributed by atoms with Gasteiger partial charge in [0.2, 0.25) is 11.0 Å². The van der Waals surface area contributed by atoms with Crippen LogP contribution < -0.4 is 5.32 Å². The molecule has 0 aliphatic carbocycles. The lowest BCUT2D eigenvalue weighted by molar-refractivity contribution is 0.387. The van der Waals surface area contributed by atoms with Crippen LogP contribution in [-0.2, 0) is 5.75 Å². The fourth-order valence-electron chi connectivity index (χ4n) is 1.53. The van der Waals surface area contributed by atoms with E-state index in [0.29, 0.717) is 17.5 Å². The summed E-state index contributed by atoms with van der Waals surface area (Å²) in [6.45, 7) is 1.79. The third-order valence-electron chi connectivity index (χ3n) is 2.37. The summed E-state index contributed by atoms with van der Waals surface area (Å²) >= 11 is 6.44. The van der Waals surface area contributed by atoms with Gasteiger partial charge in [-0.2, -0.15) is 4.98 Å². The molecule has 0 aliphatic rings. The number of benzene rings is 1. The van der Waals surface area contributed by atoms with Crippen LogP contribution in [0.1, 0.15) is 11.7 Å². The second-order valence-corrected chi connectivity index (χ2v) is 7.15. The molecule has 0 atom stereocenters. The zero-order valence-electron chi connectivity index (χ0n) is 10.9. The molecule has 0 saturated carbocycles. The number of halogens is 1. The van der Waals surface area contributed by atoms with E-state index in [1.165, 1.54) is 23.1 Å². The van der Waals surface area contributed by atoms with E-state index in [2.05, 4.69) is 41.6 Å². The van der Waals surface area contributed by atoms with Gasteiger partial charge >= 0.3 is 0 Å². The monoisotopic (exact) mass is 383 g/mol. The molecule has 0 amide bonds. The summed E-state index contributed by atoms with van der Waals surface area (Å²) in [5.41, 5.74) is 0.963. The summed E-state index contributed by atoms with van der Waals surface area (Å²) in [7, 11) is 0. The number of hydrogen-bond donors (Lipinski definition) is 1. The summed E-state index contributed by atoms with van der Waals surface area (Å²) in [5.74, 6) is 1.82. The first-order chi connectivity index (χ1) is 10.2. The highest BCUT2D eigenvalue weighted by Crippen LogP contribution is 2.30. The second-order valence-electron chi connectivity index (χ2n) is 4.03. The second kappa shape index (κ2) is 6.54. The van der Waals surface area contributed by atoms with Crippen molar-refractivity contribution in [3.05, 3.63) is 40.5 Å². The Morgan fingerprint density at radius 3 is 3.05 bits per heavy atom. The van der Waals surface area contributed by atoms with Crippen LogP contribution in [0.4, 0.5) is 10.8 Å². The fourth-order valence-corrected chi connectivity index (χ4v) is 3.54. The fraction of sp³-hybridized carbons (Fsp3) is 0.167. The molecule has 2 heterocycles. The number of aryl methyl sites for hydroxylation is 1. The van der Waals surface area contributed by atoms with Gasteiger partial charge in [-0.05, 0) is 25.1 Å². The van der Waals surface area contributed by atoms with Crippen LogP contribution in [-0.4, -0.2) is 20.3 Å². The van der Waals surface area contributed by atoms with Crippen LogP contribution in [0.2, 0.25) is 0 Å². The third kappa shape index (κ3) is 4.02. The average molecular weight is 384 g/mol. The zero-order valence-corrected chi connectivity index (χ0v) is 14.1. The Hall–Kier alpha value is -1.45. The molecule has 21 heavy (non-hydrogen) atoms. The van der Waals surface area contributed by atoms with Gasteiger partial charge in [-0.25, -0.2) is 0 Å². The minimum absolute atomic E-state index is 0.590. The topological polar surface area (TPSA) is 76.7 Å². The molecule has 108 valence electrons. The van der Waals surface area contributed by atoms with Crippen molar-refractivity contribution in [2.75, 3.05) is 5.32 Å². The number of hydrogen-bond acceptors (Lipinski definition) is 8. The van der Waals surface area contributed by atoms with Crippen LogP contribution in [0.25, 0.3) is 0 Å². The Bertz CT molecular complexity index is 745. The summed E-state index contributed by atoms with van der Waals surface area (Å²) in [5, 5.41) is 16.0. The number of aromatic nitrogens is 4. The summed E-state index contributed by atoms with van der Waals surface area (Å²) < 4.78 is 6.92. The minimum atomic E-state index is 0.590. The lowest BCUT2D eigenvalue weighted by atomic mass is 10.3. The lowest BCUT2D eigenvalue weighted by Gasteiger charge is -2.01. The van der Waals surface area contributed by atoms with Crippen LogP contribution in [0.3, 0.4) is 0 Å². The van der Waals surface area contributed by atoms with Crippen molar-refractivity contribution in [1.29, 1.82) is 0 Å².